The van der Waals surface area contributed by atoms with Crippen molar-refractivity contribution < 1.29 is 73.6 Å². The Labute approximate surface area is 272 Å². The number of benzene rings is 1. The van der Waals surface area contributed by atoms with E-state index in [1.165, 1.54) is 22.6 Å². The molecule has 0 amide bonds. The number of piperidine rings is 1. The lowest BCUT2D eigenvalue weighted by atomic mass is 9.83. The topological polar surface area (TPSA) is 149 Å². The highest BCUT2D eigenvalue weighted by molar-refractivity contribution is 5.73. The molecule has 3 N–H and O–H groups in total. The van der Waals surface area contributed by atoms with Crippen molar-refractivity contribution >= 4 is 17.9 Å². The molecule has 49 heavy (non-hydrogen) atoms. The fourth-order valence-corrected chi connectivity index (χ4v) is 5.11. The molecule has 0 aliphatic carbocycles. The summed E-state index contributed by atoms with van der Waals surface area (Å²) in [7, 11) is 0. The maximum absolute atomic E-state index is 10.6. The highest BCUT2D eigenvalue weighted by atomic mass is 19.4. The Hall–Kier alpha value is -4.59. The molecule has 20 heteroatoms. The van der Waals surface area contributed by atoms with Crippen LogP contribution in [0.5, 0.6) is 0 Å². The Morgan fingerprint density at radius 3 is 1.69 bits per heavy atom. The number of imidazole rings is 1. The summed E-state index contributed by atoms with van der Waals surface area (Å²) in [4.78, 5) is 36.9. The first kappa shape index (κ1) is 40.6. The fraction of sp³-hybridized carbons (Fsp3) is 0.448. The second kappa shape index (κ2) is 16.7. The van der Waals surface area contributed by atoms with Crippen LogP contribution in [0.1, 0.15) is 31.2 Å². The Kier molecular flexibility index (Phi) is 13.8. The summed E-state index contributed by atoms with van der Waals surface area (Å²) < 4.78 is 103. The minimum absolute atomic E-state index is 0.0624. The third kappa shape index (κ3) is 11.5. The Balaban J connectivity index is 0.000000325. The summed E-state index contributed by atoms with van der Waals surface area (Å²) >= 11 is 0. The second-order valence-electron chi connectivity index (χ2n) is 10.4. The molecule has 1 spiro atoms. The summed E-state index contributed by atoms with van der Waals surface area (Å²) in [6.07, 6.45) is -7.28. The predicted molar refractivity (Wildman–Crippen MR) is 151 cm³/mol. The molecule has 3 aromatic rings. The molecule has 4 heterocycles. The van der Waals surface area contributed by atoms with Crippen molar-refractivity contribution in [2.45, 2.75) is 56.9 Å². The molecule has 1 fully saturated rings. The summed E-state index contributed by atoms with van der Waals surface area (Å²) in [5.41, 5.74) is 3.84. The highest BCUT2D eigenvalue weighted by Crippen LogP contribution is 2.42. The summed E-state index contributed by atoms with van der Waals surface area (Å²) in [5.74, 6) is -7.00. The first-order valence-electron chi connectivity index (χ1n) is 14.1. The van der Waals surface area contributed by atoms with Crippen LogP contribution in [0.25, 0.3) is 11.3 Å². The van der Waals surface area contributed by atoms with Gasteiger partial charge in [-0.15, -0.1) is 0 Å². The van der Waals surface area contributed by atoms with E-state index < -0.39 is 36.4 Å². The van der Waals surface area contributed by atoms with Crippen molar-refractivity contribution in [1.29, 1.82) is 0 Å². The maximum Gasteiger partial charge on any atom is 0.490 e. The van der Waals surface area contributed by atoms with Crippen molar-refractivity contribution in [2.75, 3.05) is 26.2 Å². The smallest absolute Gasteiger partial charge is 0.475 e. The summed E-state index contributed by atoms with van der Waals surface area (Å²) in [6.45, 7) is 8.65. The number of carbonyl (C=O) groups is 3. The average Bonchev–Trinajstić information content (AvgIpc) is 3.69. The van der Waals surface area contributed by atoms with Gasteiger partial charge in [-0.2, -0.15) is 39.5 Å². The molecule has 2 aliphatic heterocycles. The molecule has 5 rings (SSSR count). The van der Waals surface area contributed by atoms with Gasteiger partial charge in [0.1, 0.15) is 5.82 Å². The van der Waals surface area contributed by atoms with Gasteiger partial charge in [0.2, 0.25) is 0 Å². The van der Waals surface area contributed by atoms with Crippen LogP contribution in [0.3, 0.4) is 0 Å². The number of carboxylic acid groups (broad SMARTS) is 3. The summed E-state index contributed by atoms with van der Waals surface area (Å²) in [5, 5.41) is 21.4. The van der Waals surface area contributed by atoms with Gasteiger partial charge in [-0.1, -0.05) is 37.3 Å². The molecule has 2 aromatic heterocycles. The van der Waals surface area contributed by atoms with E-state index in [0.29, 0.717) is 0 Å². The van der Waals surface area contributed by atoms with Crippen LogP contribution >= 0.6 is 0 Å². The number of nitrogens with zero attached hydrogens (tertiary/aromatic N) is 4. The molecule has 0 bridgehead atoms. The number of aliphatic carboxylic acids is 3. The quantitative estimate of drug-likeness (QED) is 0.280. The summed E-state index contributed by atoms with van der Waals surface area (Å²) in [6, 6.07) is 12.8. The minimum Gasteiger partial charge on any atom is -0.475 e. The first-order chi connectivity index (χ1) is 22.6. The van der Waals surface area contributed by atoms with E-state index in [4.69, 9.17) is 39.1 Å². The number of furan rings is 1. The number of rotatable bonds is 4. The average molecular weight is 719 g/mol. The molecule has 0 radical (unpaired) electrons. The van der Waals surface area contributed by atoms with Crippen molar-refractivity contribution in [3.05, 3.63) is 66.5 Å². The number of halogens is 9. The van der Waals surface area contributed by atoms with Gasteiger partial charge in [-0.05, 0) is 31.0 Å². The molecule has 0 saturated carbocycles. The van der Waals surface area contributed by atoms with Gasteiger partial charge < -0.3 is 24.3 Å². The third-order valence-corrected chi connectivity index (χ3v) is 7.32. The van der Waals surface area contributed by atoms with Crippen LogP contribution in [0.15, 0.2) is 59.5 Å². The zero-order chi connectivity index (χ0) is 37.2. The SMILES string of the molecule is CCN1CCn2c(-c3ccccc3)cnc2C12CCN(Cc1ccoc1)CC2.O=C(O)C(F)(F)F.O=C(O)C(F)(F)F.O=C(O)C(F)(F)F. The lowest BCUT2D eigenvalue weighted by molar-refractivity contribution is -0.193. The number of fused-ring (bicyclic) bond motifs is 2. The van der Waals surface area contributed by atoms with E-state index in [-0.39, 0.29) is 5.54 Å². The van der Waals surface area contributed by atoms with E-state index in [2.05, 4.69) is 63.9 Å². The largest absolute Gasteiger partial charge is 0.490 e. The lowest BCUT2D eigenvalue weighted by Crippen LogP contribution is -2.57. The number of carboxylic acids is 3. The van der Waals surface area contributed by atoms with Crippen LogP contribution in [0.2, 0.25) is 0 Å². The van der Waals surface area contributed by atoms with Gasteiger partial charge in [-0.25, -0.2) is 19.4 Å². The van der Waals surface area contributed by atoms with Crippen LogP contribution in [0, 0.1) is 0 Å². The maximum atomic E-state index is 10.6. The van der Waals surface area contributed by atoms with Gasteiger partial charge in [0, 0.05) is 38.3 Å². The third-order valence-electron chi connectivity index (χ3n) is 7.32. The van der Waals surface area contributed by atoms with Gasteiger partial charge in [0.25, 0.3) is 0 Å². The number of alkyl halides is 9. The second-order valence-corrected chi connectivity index (χ2v) is 10.4. The Bertz CT molecular complexity index is 1440. The molecule has 1 aromatic carbocycles. The zero-order valence-corrected chi connectivity index (χ0v) is 25.5. The van der Waals surface area contributed by atoms with Gasteiger partial charge >= 0.3 is 36.4 Å². The minimum atomic E-state index is -5.08. The van der Waals surface area contributed by atoms with Crippen molar-refractivity contribution in [1.82, 2.24) is 19.4 Å². The molecule has 1 saturated heterocycles. The normalized spacial score (nSPS) is 16.1. The monoisotopic (exact) mass is 718 g/mol. The number of hydrogen-bond acceptors (Lipinski definition) is 7. The molecule has 2 aliphatic rings. The Morgan fingerprint density at radius 1 is 0.796 bits per heavy atom. The van der Waals surface area contributed by atoms with Gasteiger partial charge in [-0.3, -0.25) is 9.80 Å². The molecular formula is C29H31F9N4O7. The fourth-order valence-electron chi connectivity index (χ4n) is 5.11. The van der Waals surface area contributed by atoms with Crippen LogP contribution in [0.4, 0.5) is 39.5 Å². The van der Waals surface area contributed by atoms with Crippen LogP contribution in [-0.4, -0.2) is 97.3 Å². The van der Waals surface area contributed by atoms with E-state index in [1.54, 1.807) is 6.26 Å². The molecule has 0 unspecified atom stereocenters. The number of likely N-dealkylation sites (tertiary alicyclic amines) is 1. The molecule has 0 atom stereocenters. The highest BCUT2D eigenvalue weighted by Gasteiger charge is 2.46. The lowest BCUT2D eigenvalue weighted by Gasteiger charge is -2.50. The van der Waals surface area contributed by atoms with Crippen molar-refractivity contribution in [3.8, 4) is 11.3 Å². The number of hydrogen-bond donors (Lipinski definition) is 3. The van der Waals surface area contributed by atoms with Crippen molar-refractivity contribution in [2.24, 2.45) is 0 Å². The van der Waals surface area contributed by atoms with E-state index in [1.807, 2.05) is 6.26 Å². The Morgan fingerprint density at radius 2 is 1.29 bits per heavy atom. The van der Waals surface area contributed by atoms with Crippen LogP contribution in [-0.2, 0) is 33.0 Å². The van der Waals surface area contributed by atoms with E-state index >= 15 is 0 Å². The number of aromatic nitrogens is 2. The van der Waals surface area contributed by atoms with E-state index in [9.17, 15) is 39.5 Å². The van der Waals surface area contributed by atoms with E-state index in [0.717, 1.165) is 52.1 Å². The van der Waals surface area contributed by atoms with Crippen LogP contribution < -0.4 is 0 Å². The molecule has 272 valence electrons. The predicted octanol–water partition coefficient (Wildman–Crippen LogP) is 5.87. The van der Waals surface area contributed by atoms with Crippen molar-refractivity contribution in [3.63, 3.8) is 0 Å². The molecular weight excluding hydrogens is 687 g/mol. The standard InChI is InChI=1S/C23H28N4O.3C2HF3O2/c1-2-26-13-14-27-21(20-6-4-3-5-7-20)16-24-22(27)23(26)9-11-25(12-10-23)17-19-8-15-28-18-19;3*3-2(4,5)1(6)7/h3-8,15-16,18H,2,9-14,17H2,1H3;3*(H,6,7). The number of likely N-dealkylation sites (N-methyl/N-ethyl adjacent to an activating group) is 1. The van der Waals surface area contributed by atoms with Gasteiger partial charge in [0.15, 0.2) is 0 Å². The zero-order valence-electron chi connectivity index (χ0n) is 25.5. The molecule has 11 nitrogen and oxygen atoms in total. The first-order valence-corrected chi connectivity index (χ1v) is 14.1. The van der Waals surface area contributed by atoms with Gasteiger partial charge in [0.05, 0.1) is 30.0 Å².